The fourth-order valence-electron chi connectivity index (χ4n) is 6.40. The van der Waals surface area contributed by atoms with E-state index in [2.05, 4.69) is 10.2 Å². The van der Waals surface area contributed by atoms with E-state index in [1.165, 1.54) is 18.2 Å². The maximum atomic E-state index is 13.9. The number of nitrogens with zero attached hydrogens (tertiary/aromatic N) is 3. The lowest BCUT2D eigenvalue weighted by Crippen LogP contribution is -2.54. The highest BCUT2D eigenvalue weighted by molar-refractivity contribution is 6.26. The third-order valence-corrected chi connectivity index (χ3v) is 7.53. The average molecular weight is 432 g/mol. The van der Waals surface area contributed by atoms with E-state index >= 15 is 0 Å². The Kier molecular flexibility index (Phi) is 3.72. The highest BCUT2D eigenvalue weighted by atomic mass is 16.6. The highest BCUT2D eigenvalue weighted by Gasteiger charge is 2.74. The van der Waals surface area contributed by atoms with Crippen LogP contribution in [0.4, 0.5) is 17.1 Å². The molecule has 4 atom stereocenters. The molecule has 0 radical (unpaired) electrons. The summed E-state index contributed by atoms with van der Waals surface area (Å²) in [7, 11) is 0. The van der Waals surface area contributed by atoms with Crippen molar-refractivity contribution in [1.82, 2.24) is 4.90 Å². The van der Waals surface area contributed by atoms with E-state index in [-0.39, 0.29) is 23.5 Å². The Labute approximate surface area is 183 Å². The standard InChI is InChI=1S/C23H20N4O5/c1-12-11-13(27(31)32)8-9-16(12)26-20(28)18-17-7-4-10-25(17)23(19(18)21(26)29)14-5-2-3-6-15(14)24-22(23)30/h2-3,5-6,8-9,11,17-19H,4,7,10H2,1H3,(H,24,30)/t17-,18+,19+,23+/m0/s1. The SMILES string of the molecule is Cc1cc([N+](=O)[O-])ccc1N1C(=O)[C@@H]2[C@@H]3CCCN3[C@@]3(C(=O)Nc4ccccc43)[C@H]2C1=O. The zero-order valence-electron chi connectivity index (χ0n) is 17.3. The number of hydrogen-bond donors (Lipinski definition) is 1. The van der Waals surface area contributed by atoms with Crippen LogP contribution >= 0.6 is 0 Å². The summed E-state index contributed by atoms with van der Waals surface area (Å²) >= 11 is 0. The lowest BCUT2D eigenvalue weighted by molar-refractivity contribution is -0.384. The summed E-state index contributed by atoms with van der Waals surface area (Å²) < 4.78 is 0. The van der Waals surface area contributed by atoms with E-state index in [0.29, 0.717) is 23.5 Å². The van der Waals surface area contributed by atoms with E-state index in [0.717, 1.165) is 23.3 Å². The van der Waals surface area contributed by atoms with Crippen LogP contribution in [0, 0.1) is 28.9 Å². The molecular weight excluding hydrogens is 412 g/mol. The van der Waals surface area contributed by atoms with Gasteiger partial charge in [-0.25, -0.2) is 4.90 Å². The molecule has 3 amide bonds. The molecule has 9 nitrogen and oxygen atoms in total. The summed E-state index contributed by atoms with van der Waals surface area (Å²) in [6.45, 7) is 2.29. The van der Waals surface area contributed by atoms with Crippen molar-refractivity contribution in [2.75, 3.05) is 16.8 Å². The largest absolute Gasteiger partial charge is 0.324 e. The Balaban J connectivity index is 1.52. The minimum absolute atomic E-state index is 0.104. The van der Waals surface area contributed by atoms with Gasteiger partial charge in [0.15, 0.2) is 0 Å². The van der Waals surface area contributed by atoms with Gasteiger partial charge in [-0.1, -0.05) is 18.2 Å². The van der Waals surface area contributed by atoms with Crippen LogP contribution in [0.3, 0.4) is 0 Å². The number of hydrogen-bond acceptors (Lipinski definition) is 6. The molecule has 4 aliphatic rings. The van der Waals surface area contributed by atoms with E-state index in [9.17, 15) is 24.5 Å². The first-order chi connectivity index (χ1) is 15.4. The first-order valence-corrected chi connectivity index (χ1v) is 10.7. The number of amides is 3. The number of rotatable bonds is 2. The average Bonchev–Trinajstić information content (AvgIpc) is 3.47. The summed E-state index contributed by atoms with van der Waals surface area (Å²) in [5.74, 6) is -2.47. The van der Waals surface area contributed by atoms with Gasteiger partial charge in [-0.15, -0.1) is 0 Å². The number of aryl methyl sites for hydroxylation is 1. The predicted molar refractivity (Wildman–Crippen MR) is 114 cm³/mol. The summed E-state index contributed by atoms with van der Waals surface area (Å²) in [6.07, 6.45) is 1.59. The van der Waals surface area contributed by atoms with Crippen molar-refractivity contribution in [1.29, 1.82) is 0 Å². The molecule has 4 heterocycles. The zero-order valence-corrected chi connectivity index (χ0v) is 17.3. The molecule has 4 aliphatic heterocycles. The zero-order chi connectivity index (χ0) is 22.4. The molecule has 3 fully saturated rings. The summed E-state index contributed by atoms with van der Waals surface area (Å²) in [6, 6.07) is 11.3. The molecule has 0 bridgehead atoms. The number of nitrogens with one attached hydrogen (secondary N) is 1. The summed E-state index contributed by atoms with van der Waals surface area (Å²) in [4.78, 5) is 54.9. The van der Waals surface area contributed by atoms with Gasteiger partial charge in [0.1, 0.15) is 5.54 Å². The third kappa shape index (κ3) is 2.09. The summed E-state index contributed by atoms with van der Waals surface area (Å²) in [5.41, 5.74) is 0.911. The van der Waals surface area contributed by atoms with E-state index < -0.39 is 28.2 Å². The maximum Gasteiger partial charge on any atom is 0.269 e. The topological polar surface area (TPSA) is 113 Å². The lowest BCUT2D eigenvalue weighted by atomic mass is 9.75. The van der Waals surface area contributed by atoms with Crippen molar-refractivity contribution in [2.45, 2.75) is 31.3 Å². The minimum atomic E-state index is -1.21. The fraction of sp³-hybridized carbons (Fsp3) is 0.348. The molecule has 9 heteroatoms. The van der Waals surface area contributed by atoms with E-state index in [4.69, 9.17) is 0 Å². The molecule has 3 saturated heterocycles. The molecule has 2 aromatic carbocycles. The van der Waals surface area contributed by atoms with Gasteiger partial charge in [-0.05, 0) is 44.0 Å². The lowest BCUT2D eigenvalue weighted by Gasteiger charge is -2.36. The van der Waals surface area contributed by atoms with Gasteiger partial charge in [0.05, 0.1) is 22.4 Å². The molecule has 0 saturated carbocycles. The number of nitro groups is 1. The number of anilines is 2. The van der Waals surface area contributed by atoms with Gasteiger partial charge in [0, 0.05) is 29.4 Å². The number of para-hydroxylation sites is 1. The summed E-state index contributed by atoms with van der Waals surface area (Å²) in [5, 5.41) is 14.1. The molecule has 2 aromatic rings. The Hall–Kier alpha value is -3.59. The first-order valence-electron chi connectivity index (χ1n) is 10.7. The second-order valence-electron chi connectivity index (χ2n) is 8.91. The fourth-order valence-corrected chi connectivity index (χ4v) is 6.40. The molecule has 0 aliphatic carbocycles. The number of fused-ring (bicyclic) bond motifs is 7. The number of carbonyl (C=O) groups is 3. The molecule has 0 aromatic heterocycles. The quantitative estimate of drug-likeness (QED) is 0.443. The van der Waals surface area contributed by atoms with Crippen LogP contribution in [-0.2, 0) is 19.9 Å². The Morgan fingerprint density at radius 1 is 1.12 bits per heavy atom. The van der Waals surface area contributed by atoms with Gasteiger partial charge in [0.2, 0.25) is 17.7 Å². The van der Waals surface area contributed by atoms with Gasteiger partial charge >= 0.3 is 0 Å². The van der Waals surface area contributed by atoms with Crippen molar-refractivity contribution >= 4 is 34.8 Å². The van der Waals surface area contributed by atoms with E-state index in [1.54, 1.807) is 6.92 Å². The maximum absolute atomic E-state index is 13.9. The molecule has 162 valence electrons. The van der Waals surface area contributed by atoms with Crippen LogP contribution in [-0.4, -0.2) is 40.1 Å². The number of benzene rings is 2. The van der Waals surface area contributed by atoms with Crippen molar-refractivity contribution in [2.24, 2.45) is 11.8 Å². The second kappa shape index (κ2) is 6.23. The molecule has 0 unspecified atom stereocenters. The normalized spacial score (nSPS) is 30.6. The van der Waals surface area contributed by atoms with Crippen LogP contribution in [0.25, 0.3) is 0 Å². The Bertz CT molecular complexity index is 1240. The Morgan fingerprint density at radius 3 is 2.66 bits per heavy atom. The molecular formula is C23H20N4O5. The molecule has 1 N–H and O–H groups in total. The minimum Gasteiger partial charge on any atom is -0.324 e. The van der Waals surface area contributed by atoms with Gasteiger partial charge < -0.3 is 5.32 Å². The van der Waals surface area contributed by atoms with Crippen LogP contribution in [0.15, 0.2) is 42.5 Å². The number of nitro benzene ring substituents is 1. The van der Waals surface area contributed by atoms with Gasteiger partial charge in [-0.3, -0.25) is 29.4 Å². The first kappa shape index (κ1) is 19.1. The predicted octanol–water partition coefficient (Wildman–Crippen LogP) is 2.33. The van der Waals surface area contributed by atoms with Crippen LogP contribution in [0.5, 0.6) is 0 Å². The molecule has 32 heavy (non-hydrogen) atoms. The van der Waals surface area contributed by atoms with Crippen molar-refractivity contribution in [3.8, 4) is 0 Å². The molecule has 1 spiro atoms. The van der Waals surface area contributed by atoms with Gasteiger partial charge in [0.25, 0.3) is 5.69 Å². The Morgan fingerprint density at radius 2 is 1.91 bits per heavy atom. The van der Waals surface area contributed by atoms with E-state index in [1.807, 2.05) is 24.3 Å². The van der Waals surface area contributed by atoms with Gasteiger partial charge in [-0.2, -0.15) is 0 Å². The van der Waals surface area contributed by atoms with Crippen LogP contribution in [0.2, 0.25) is 0 Å². The van der Waals surface area contributed by atoms with Crippen molar-refractivity contribution in [3.63, 3.8) is 0 Å². The molecule has 6 rings (SSSR count). The number of imide groups is 1. The smallest absolute Gasteiger partial charge is 0.269 e. The van der Waals surface area contributed by atoms with Crippen LogP contribution < -0.4 is 10.2 Å². The number of non-ortho nitro benzene ring substituents is 1. The number of carbonyl (C=O) groups excluding carboxylic acids is 3. The monoisotopic (exact) mass is 432 g/mol. The second-order valence-corrected chi connectivity index (χ2v) is 8.91. The van der Waals surface area contributed by atoms with Crippen molar-refractivity contribution < 1.29 is 19.3 Å². The highest BCUT2D eigenvalue weighted by Crippen LogP contribution is 2.60. The van der Waals surface area contributed by atoms with Crippen molar-refractivity contribution in [3.05, 3.63) is 63.7 Å². The third-order valence-electron chi connectivity index (χ3n) is 7.53. The van der Waals surface area contributed by atoms with Crippen LogP contribution in [0.1, 0.15) is 24.0 Å².